The van der Waals surface area contributed by atoms with Crippen LogP contribution in [0.25, 0.3) is 22.6 Å². The first-order valence-electron chi connectivity index (χ1n) is 7.66. The maximum Gasteiger partial charge on any atom is 0.256 e. The molecule has 0 radical (unpaired) electrons. The third-order valence-corrected chi connectivity index (χ3v) is 3.77. The molecule has 3 N–H and O–H groups in total. The van der Waals surface area contributed by atoms with Gasteiger partial charge in [0.15, 0.2) is 5.82 Å². The van der Waals surface area contributed by atoms with Crippen molar-refractivity contribution in [2.75, 3.05) is 5.32 Å². The standard InChI is InChI=1S/C18H14N6O/c25-18(15-7-2-1-6-14(15)17-21-11-22-24-17)23-13-5-3-4-12(8-13)16-9-19-10-20-16/h1-11H,(H,19,20)(H,23,25)(H,21,22,24). The molecule has 0 saturated carbocycles. The van der Waals surface area contributed by atoms with Crippen LogP contribution in [0.2, 0.25) is 0 Å². The first-order valence-corrected chi connectivity index (χ1v) is 7.66. The molecule has 0 unspecified atom stereocenters. The van der Waals surface area contributed by atoms with Gasteiger partial charge in [-0.25, -0.2) is 9.97 Å². The zero-order valence-electron chi connectivity index (χ0n) is 13.1. The Bertz CT molecular complexity index is 992. The van der Waals surface area contributed by atoms with Crippen molar-refractivity contribution in [1.82, 2.24) is 25.1 Å². The Hall–Kier alpha value is -3.74. The van der Waals surface area contributed by atoms with Crippen LogP contribution < -0.4 is 5.32 Å². The van der Waals surface area contributed by atoms with Crippen LogP contribution in [0.3, 0.4) is 0 Å². The number of hydrogen-bond donors (Lipinski definition) is 3. The number of amides is 1. The molecule has 4 rings (SSSR count). The normalized spacial score (nSPS) is 10.6. The molecule has 2 heterocycles. The third-order valence-electron chi connectivity index (χ3n) is 3.77. The number of hydrogen-bond acceptors (Lipinski definition) is 4. The summed E-state index contributed by atoms with van der Waals surface area (Å²) in [6, 6.07) is 14.8. The highest BCUT2D eigenvalue weighted by molar-refractivity contribution is 6.08. The van der Waals surface area contributed by atoms with Crippen molar-refractivity contribution in [3.8, 4) is 22.6 Å². The smallest absolute Gasteiger partial charge is 0.256 e. The van der Waals surface area contributed by atoms with E-state index in [0.29, 0.717) is 22.6 Å². The maximum atomic E-state index is 12.7. The van der Waals surface area contributed by atoms with Crippen molar-refractivity contribution in [3.63, 3.8) is 0 Å². The molecule has 0 aliphatic heterocycles. The van der Waals surface area contributed by atoms with E-state index in [1.54, 1.807) is 18.6 Å². The van der Waals surface area contributed by atoms with Crippen LogP contribution in [0.5, 0.6) is 0 Å². The Morgan fingerprint density at radius 2 is 2.00 bits per heavy atom. The molecular weight excluding hydrogens is 316 g/mol. The molecule has 0 atom stereocenters. The minimum Gasteiger partial charge on any atom is -0.345 e. The summed E-state index contributed by atoms with van der Waals surface area (Å²) in [6.45, 7) is 0. The summed E-state index contributed by atoms with van der Waals surface area (Å²) in [5, 5.41) is 9.56. The van der Waals surface area contributed by atoms with E-state index in [1.165, 1.54) is 6.33 Å². The van der Waals surface area contributed by atoms with Gasteiger partial charge in [-0.1, -0.05) is 30.3 Å². The second kappa shape index (κ2) is 6.40. The van der Waals surface area contributed by atoms with E-state index >= 15 is 0 Å². The lowest BCUT2D eigenvalue weighted by molar-refractivity contribution is 0.102. The number of rotatable bonds is 4. The van der Waals surface area contributed by atoms with Crippen LogP contribution in [0.4, 0.5) is 5.69 Å². The SMILES string of the molecule is O=C(Nc1cccc(-c2cnc[nH]2)c1)c1ccccc1-c1ncn[nH]1. The fraction of sp³-hybridized carbons (Fsp3) is 0. The molecule has 25 heavy (non-hydrogen) atoms. The number of nitrogens with zero attached hydrogens (tertiary/aromatic N) is 3. The second-order valence-electron chi connectivity index (χ2n) is 5.38. The Kier molecular flexibility index (Phi) is 3.80. The minimum absolute atomic E-state index is 0.214. The molecule has 0 saturated heterocycles. The average Bonchev–Trinajstić information content (AvgIpc) is 3.36. The number of aromatic amines is 2. The first-order chi connectivity index (χ1) is 12.3. The Morgan fingerprint density at radius 1 is 1.08 bits per heavy atom. The summed E-state index contributed by atoms with van der Waals surface area (Å²) in [6.07, 6.45) is 4.77. The van der Waals surface area contributed by atoms with Crippen molar-refractivity contribution in [1.29, 1.82) is 0 Å². The highest BCUT2D eigenvalue weighted by Gasteiger charge is 2.14. The number of aromatic nitrogens is 5. The van der Waals surface area contributed by atoms with Crippen molar-refractivity contribution in [2.24, 2.45) is 0 Å². The van der Waals surface area contributed by atoms with Crippen LogP contribution in [0, 0.1) is 0 Å². The molecule has 7 heteroatoms. The lowest BCUT2D eigenvalue weighted by Crippen LogP contribution is -2.13. The zero-order chi connectivity index (χ0) is 17.1. The number of carbonyl (C=O) groups excluding carboxylic acids is 1. The van der Waals surface area contributed by atoms with Gasteiger partial charge in [0.1, 0.15) is 6.33 Å². The average molecular weight is 330 g/mol. The lowest BCUT2D eigenvalue weighted by Gasteiger charge is -2.09. The van der Waals surface area contributed by atoms with E-state index in [1.807, 2.05) is 42.5 Å². The minimum atomic E-state index is -0.214. The maximum absolute atomic E-state index is 12.7. The zero-order valence-corrected chi connectivity index (χ0v) is 13.1. The van der Waals surface area contributed by atoms with E-state index in [2.05, 4.69) is 30.5 Å². The quantitative estimate of drug-likeness (QED) is 0.535. The summed E-state index contributed by atoms with van der Waals surface area (Å²) < 4.78 is 0. The molecule has 2 aromatic carbocycles. The van der Waals surface area contributed by atoms with E-state index in [9.17, 15) is 4.79 Å². The summed E-state index contributed by atoms with van der Waals surface area (Å²) in [4.78, 5) is 23.9. The predicted octanol–water partition coefficient (Wildman–Crippen LogP) is 3.11. The molecule has 0 fully saturated rings. The fourth-order valence-electron chi connectivity index (χ4n) is 2.60. The molecule has 4 aromatic rings. The molecular formula is C18H14N6O. The van der Waals surface area contributed by atoms with E-state index in [0.717, 1.165) is 11.3 Å². The van der Waals surface area contributed by atoms with E-state index in [-0.39, 0.29) is 5.91 Å². The number of benzene rings is 2. The Morgan fingerprint density at radius 3 is 2.80 bits per heavy atom. The van der Waals surface area contributed by atoms with Crippen LogP contribution in [0.15, 0.2) is 67.4 Å². The van der Waals surface area contributed by atoms with Gasteiger partial charge in [0, 0.05) is 16.8 Å². The van der Waals surface area contributed by atoms with Crippen LogP contribution >= 0.6 is 0 Å². The highest BCUT2D eigenvalue weighted by Crippen LogP contribution is 2.23. The van der Waals surface area contributed by atoms with Crippen LogP contribution in [-0.4, -0.2) is 31.1 Å². The molecule has 1 amide bonds. The van der Waals surface area contributed by atoms with E-state index in [4.69, 9.17) is 0 Å². The van der Waals surface area contributed by atoms with Crippen LogP contribution in [-0.2, 0) is 0 Å². The molecule has 0 aliphatic rings. The Balaban J connectivity index is 1.63. The van der Waals surface area contributed by atoms with Gasteiger partial charge in [-0.2, -0.15) is 5.10 Å². The number of imidazole rings is 1. The molecule has 0 aliphatic carbocycles. The summed E-state index contributed by atoms with van der Waals surface area (Å²) in [7, 11) is 0. The van der Waals surface area contributed by atoms with Crippen molar-refractivity contribution < 1.29 is 4.79 Å². The molecule has 0 bridgehead atoms. The van der Waals surface area contributed by atoms with Gasteiger partial charge in [-0.05, 0) is 18.2 Å². The summed E-state index contributed by atoms with van der Waals surface area (Å²) in [5.74, 6) is 0.339. The van der Waals surface area contributed by atoms with Crippen LogP contribution in [0.1, 0.15) is 10.4 Å². The van der Waals surface area contributed by atoms with Crippen molar-refractivity contribution in [2.45, 2.75) is 0 Å². The number of carbonyl (C=O) groups is 1. The summed E-state index contributed by atoms with van der Waals surface area (Å²) >= 11 is 0. The van der Waals surface area contributed by atoms with Gasteiger partial charge in [0.05, 0.1) is 23.8 Å². The summed E-state index contributed by atoms with van der Waals surface area (Å²) in [5.41, 5.74) is 3.75. The molecule has 0 spiro atoms. The lowest BCUT2D eigenvalue weighted by atomic mass is 10.1. The van der Waals surface area contributed by atoms with E-state index < -0.39 is 0 Å². The van der Waals surface area contributed by atoms with Gasteiger partial charge < -0.3 is 10.3 Å². The highest BCUT2D eigenvalue weighted by atomic mass is 16.1. The van der Waals surface area contributed by atoms with Gasteiger partial charge in [0.25, 0.3) is 5.91 Å². The molecule has 2 aromatic heterocycles. The van der Waals surface area contributed by atoms with Gasteiger partial charge in [-0.15, -0.1) is 0 Å². The van der Waals surface area contributed by atoms with Gasteiger partial charge in [0.2, 0.25) is 0 Å². The number of nitrogens with one attached hydrogen (secondary N) is 3. The fourth-order valence-corrected chi connectivity index (χ4v) is 2.60. The largest absolute Gasteiger partial charge is 0.345 e. The molecule has 7 nitrogen and oxygen atoms in total. The number of anilines is 1. The first kappa shape index (κ1) is 14.8. The Labute approximate surface area is 143 Å². The second-order valence-corrected chi connectivity index (χ2v) is 5.38. The van der Waals surface area contributed by atoms with Gasteiger partial charge >= 0.3 is 0 Å². The third kappa shape index (κ3) is 3.02. The van der Waals surface area contributed by atoms with Crippen molar-refractivity contribution in [3.05, 3.63) is 72.9 Å². The number of H-pyrrole nitrogens is 2. The molecule has 122 valence electrons. The van der Waals surface area contributed by atoms with Gasteiger partial charge in [-0.3, -0.25) is 9.89 Å². The predicted molar refractivity (Wildman–Crippen MR) is 93.8 cm³/mol. The monoisotopic (exact) mass is 330 g/mol. The topological polar surface area (TPSA) is 99.3 Å². The van der Waals surface area contributed by atoms with Crippen molar-refractivity contribution >= 4 is 11.6 Å².